The molecule has 3 aromatic rings. The summed E-state index contributed by atoms with van der Waals surface area (Å²) in [4.78, 5) is 16.7. The summed E-state index contributed by atoms with van der Waals surface area (Å²) < 4.78 is 0. The summed E-state index contributed by atoms with van der Waals surface area (Å²) in [5.41, 5.74) is 6.27. The number of anilines is 1. The molecule has 0 saturated heterocycles. The molecule has 1 N–H and O–H groups in total. The molecule has 126 valence electrons. The molecule has 3 nitrogen and oxygen atoms in total. The van der Waals surface area contributed by atoms with E-state index in [1.54, 1.807) is 12.3 Å². The van der Waals surface area contributed by atoms with Gasteiger partial charge in [0.1, 0.15) is 0 Å². The van der Waals surface area contributed by atoms with Gasteiger partial charge >= 0.3 is 0 Å². The van der Waals surface area contributed by atoms with Crippen LogP contribution in [-0.4, -0.2) is 10.9 Å². The lowest BCUT2D eigenvalue weighted by Gasteiger charge is -2.09. The van der Waals surface area contributed by atoms with Crippen LogP contribution in [0.2, 0.25) is 0 Å². The second-order valence-electron chi connectivity index (χ2n) is 6.25. The number of rotatable bonds is 4. The van der Waals surface area contributed by atoms with E-state index in [4.69, 9.17) is 0 Å². The molecule has 0 radical (unpaired) electrons. The first-order valence-electron chi connectivity index (χ1n) is 8.51. The molecular formula is C22H22N2O. The van der Waals surface area contributed by atoms with E-state index in [1.165, 1.54) is 5.56 Å². The van der Waals surface area contributed by atoms with E-state index in [9.17, 15) is 4.79 Å². The fraction of sp³-hybridized carbons (Fsp3) is 0.182. The van der Waals surface area contributed by atoms with E-state index in [0.29, 0.717) is 0 Å². The number of nitrogens with zero attached hydrogens (tertiary/aromatic N) is 1. The SMILES string of the molecule is CCc1ccc(/C=C/C(=O)Nc2ccnc3c(C)cc(C)cc23)cc1. The van der Waals surface area contributed by atoms with Crippen molar-refractivity contribution in [1.82, 2.24) is 4.98 Å². The Labute approximate surface area is 148 Å². The Morgan fingerprint density at radius 2 is 1.88 bits per heavy atom. The summed E-state index contributed by atoms with van der Waals surface area (Å²) in [7, 11) is 0. The molecule has 0 aliphatic rings. The lowest BCUT2D eigenvalue weighted by Crippen LogP contribution is -2.08. The first kappa shape index (κ1) is 16.9. The molecule has 0 unspecified atom stereocenters. The van der Waals surface area contributed by atoms with Crippen molar-refractivity contribution in [3.05, 3.63) is 77.0 Å². The number of aromatic nitrogens is 1. The van der Waals surface area contributed by atoms with Crippen LogP contribution in [0.3, 0.4) is 0 Å². The van der Waals surface area contributed by atoms with E-state index >= 15 is 0 Å². The van der Waals surface area contributed by atoms with Gasteiger partial charge in [0.2, 0.25) is 5.91 Å². The summed E-state index contributed by atoms with van der Waals surface area (Å²) in [5, 5.41) is 3.93. The average molecular weight is 330 g/mol. The lowest BCUT2D eigenvalue weighted by atomic mass is 10.1. The summed E-state index contributed by atoms with van der Waals surface area (Å²) >= 11 is 0. The van der Waals surface area contributed by atoms with Crippen molar-refractivity contribution in [2.45, 2.75) is 27.2 Å². The highest BCUT2D eigenvalue weighted by molar-refractivity contribution is 6.07. The zero-order valence-corrected chi connectivity index (χ0v) is 14.8. The zero-order valence-electron chi connectivity index (χ0n) is 14.8. The third-order valence-corrected chi connectivity index (χ3v) is 4.25. The van der Waals surface area contributed by atoms with Crippen molar-refractivity contribution < 1.29 is 4.79 Å². The molecule has 2 aromatic carbocycles. The van der Waals surface area contributed by atoms with Crippen LogP contribution in [0.15, 0.2) is 54.7 Å². The quantitative estimate of drug-likeness (QED) is 0.679. The Kier molecular flexibility index (Phi) is 4.94. The van der Waals surface area contributed by atoms with Crippen LogP contribution >= 0.6 is 0 Å². The highest BCUT2D eigenvalue weighted by Gasteiger charge is 2.07. The van der Waals surface area contributed by atoms with Gasteiger partial charge in [0, 0.05) is 17.7 Å². The molecule has 0 saturated carbocycles. The first-order valence-corrected chi connectivity index (χ1v) is 8.51. The monoisotopic (exact) mass is 330 g/mol. The summed E-state index contributed by atoms with van der Waals surface area (Å²) in [6.45, 7) is 6.21. The predicted molar refractivity (Wildman–Crippen MR) is 105 cm³/mol. The number of hydrogen-bond donors (Lipinski definition) is 1. The van der Waals surface area contributed by atoms with E-state index in [-0.39, 0.29) is 5.91 Å². The van der Waals surface area contributed by atoms with Crippen LogP contribution in [0.25, 0.3) is 17.0 Å². The van der Waals surface area contributed by atoms with Gasteiger partial charge in [-0.05, 0) is 55.2 Å². The first-order chi connectivity index (χ1) is 12.1. The van der Waals surface area contributed by atoms with Gasteiger partial charge in [-0.15, -0.1) is 0 Å². The molecule has 1 amide bonds. The zero-order chi connectivity index (χ0) is 17.8. The Morgan fingerprint density at radius 3 is 2.60 bits per heavy atom. The number of hydrogen-bond acceptors (Lipinski definition) is 2. The van der Waals surface area contributed by atoms with E-state index < -0.39 is 0 Å². The van der Waals surface area contributed by atoms with Crippen LogP contribution in [0.4, 0.5) is 5.69 Å². The van der Waals surface area contributed by atoms with E-state index in [2.05, 4.69) is 41.5 Å². The van der Waals surface area contributed by atoms with Crippen LogP contribution in [-0.2, 0) is 11.2 Å². The van der Waals surface area contributed by atoms with Crippen LogP contribution in [0, 0.1) is 13.8 Å². The molecule has 1 aromatic heterocycles. The molecular weight excluding hydrogens is 308 g/mol. The smallest absolute Gasteiger partial charge is 0.248 e. The van der Waals surface area contributed by atoms with Gasteiger partial charge in [-0.1, -0.05) is 42.8 Å². The van der Waals surface area contributed by atoms with Gasteiger partial charge in [0.05, 0.1) is 11.2 Å². The predicted octanol–water partition coefficient (Wildman–Crippen LogP) is 5.07. The van der Waals surface area contributed by atoms with Crippen molar-refractivity contribution in [2.24, 2.45) is 0 Å². The summed E-state index contributed by atoms with van der Waals surface area (Å²) in [5.74, 6) is -0.147. The number of pyridine rings is 1. The average Bonchev–Trinajstić information content (AvgIpc) is 2.61. The summed E-state index contributed by atoms with van der Waals surface area (Å²) in [6.07, 6.45) is 6.14. The fourth-order valence-corrected chi connectivity index (χ4v) is 2.93. The van der Waals surface area contributed by atoms with Gasteiger partial charge in [-0.3, -0.25) is 9.78 Å². The van der Waals surface area contributed by atoms with Crippen molar-refractivity contribution in [3.63, 3.8) is 0 Å². The minimum atomic E-state index is -0.147. The lowest BCUT2D eigenvalue weighted by molar-refractivity contribution is -0.111. The normalized spacial score (nSPS) is 11.2. The van der Waals surface area contributed by atoms with E-state index in [1.807, 2.05) is 38.1 Å². The number of aryl methyl sites for hydroxylation is 3. The van der Waals surface area contributed by atoms with Crippen LogP contribution in [0.1, 0.15) is 29.2 Å². The molecule has 3 rings (SSSR count). The molecule has 0 bridgehead atoms. The molecule has 0 aliphatic heterocycles. The highest BCUT2D eigenvalue weighted by Crippen LogP contribution is 2.25. The number of carbonyl (C=O) groups excluding carboxylic acids is 1. The number of amides is 1. The van der Waals surface area contributed by atoms with Crippen LogP contribution < -0.4 is 5.32 Å². The van der Waals surface area contributed by atoms with Gasteiger partial charge in [0.15, 0.2) is 0 Å². The molecule has 3 heteroatoms. The van der Waals surface area contributed by atoms with E-state index in [0.717, 1.165) is 39.7 Å². The number of nitrogens with one attached hydrogen (secondary N) is 1. The molecule has 1 heterocycles. The topological polar surface area (TPSA) is 42.0 Å². The Hall–Kier alpha value is -2.94. The highest BCUT2D eigenvalue weighted by atomic mass is 16.1. The van der Waals surface area contributed by atoms with Gasteiger partial charge in [0.25, 0.3) is 0 Å². The minimum Gasteiger partial charge on any atom is -0.322 e. The van der Waals surface area contributed by atoms with Gasteiger partial charge in [-0.2, -0.15) is 0 Å². The Morgan fingerprint density at radius 1 is 1.12 bits per heavy atom. The maximum atomic E-state index is 12.3. The number of carbonyl (C=O) groups is 1. The minimum absolute atomic E-state index is 0.147. The van der Waals surface area contributed by atoms with Gasteiger partial charge < -0.3 is 5.32 Å². The van der Waals surface area contributed by atoms with Crippen molar-refractivity contribution in [3.8, 4) is 0 Å². The molecule has 0 atom stereocenters. The Balaban J connectivity index is 1.81. The molecule has 0 spiro atoms. The molecule has 25 heavy (non-hydrogen) atoms. The fourth-order valence-electron chi connectivity index (χ4n) is 2.93. The number of benzene rings is 2. The third-order valence-electron chi connectivity index (χ3n) is 4.25. The van der Waals surface area contributed by atoms with Crippen molar-refractivity contribution in [2.75, 3.05) is 5.32 Å². The largest absolute Gasteiger partial charge is 0.322 e. The second kappa shape index (κ2) is 7.31. The Bertz CT molecular complexity index is 940. The molecule has 0 fully saturated rings. The summed E-state index contributed by atoms with van der Waals surface area (Å²) in [6, 6.07) is 14.2. The van der Waals surface area contributed by atoms with Crippen molar-refractivity contribution in [1.29, 1.82) is 0 Å². The standard InChI is InChI=1S/C22H22N2O/c1-4-17-5-7-18(8-6-17)9-10-21(25)24-20-11-12-23-22-16(3)13-15(2)14-19(20)22/h5-14H,4H2,1-3H3,(H,23,24,25)/b10-9+. The molecule has 0 aliphatic carbocycles. The number of fused-ring (bicyclic) bond motifs is 1. The second-order valence-corrected chi connectivity index (χ2v) is 6.25. The van der Waals surface area contributed by atoms with Gasteiger partial charge in [-0.25, -0.2) is 0 Å². The van der Waals surface area contributed by atoms with Crippen molar-refractivity contribution >= 4 is 28.6 Å². The third kappa shape index (κ3) is 3.94. The van der Waals surface area contributed by atoms with Crippen LogP contribution in [0.5, 0.6) is 0 Å². The maximum Gasteiger partial charge on any atom is 0.248 e. The maximum absolute atomic E-state index is 12.3.